The van der Waals surface area contributed by atoms with Gasteiger partial charge >= 0.3 is 12.1 Å². The van der Waals surface area contributed by atoms with Gasteiger partial charge in [0.1, 0.15) is 11.1 Å². The number of hydrogen-bond donors (Lipinski definition) is 2. The van der Waals surface area contributed by atoms with Crippen LogP contribution >= 0.6 is 0 Å². The monoisotopic (exact) mass is 272 g/mol. The number of ether oxygens (including phenoxy) is 2. The summed E-state index contributed by atoms with van der Waals surface area (Å²) in [7, 11) is 1.83. The van der Waals surface area contributed by atoms with Gasteiger partial charge in [-0.2, -0.15) is 0 Å². The van der Waals surface area contributed by atoms with Crippen LogP contribution in [-0.2, 0) is 14.3 Å². The van der Waals surface area contributed by atoms with Crippen molar-refractivity contribution in [2.24, 2.45) is 0 Å². The van der Waals surface area contributed by atoms with Gasteiger partial charge in [-0.15, -0.1) is 0 Å². The highest BCUT2D eigenvalue weighted by Crippen LogP contribution is 2.34. The number of nitrogens with one attached hydrogen (secondary N) is 2. The van der Waals surface area contributed by atoms with E-state index in [1.807, 2.05) is 7.05 Å². The van der Waals surface area contributed by atoms with Crippen molar-refractivity contribution < 1.29 is 19.1 Å². The highest BCUT2D eigenvalue weighted by molar-refractivity contribution is 5.87. The predicted octanol–water partition coefficient (Wildman–Crippen LogP) is 1.19. The first-order chi connectivity index (χ1) is 8.72. The minimum absolute atomic E-state index is 0.208. The Labute approximate surface area is 114 Å². The Kier molecular flexibility index (Phi) is 4.79. The molecule has 0 atom stereocenters. The molecule has 1 amide bonds. The van der Waals surface area contributed by atoms with Crippen molar-refractivity contribution in [2.75, 3.05) is 13.7 Å². The SMILES string of the molecule is CCOC(=O)C1(NC(=O)OC(C)(C)C)CC(NC)C1. The molecule has 2 N–H and O–H groups in total. The van der Waals surface area contributed by atoms with Crippen LogP contribution in [0.1, 0.15) is 40.5 Å². The standard InChI is InChI=1S/C13H24N2O4/c1-6-18-10(16)13(7-9(8-13)14-5)15-11(17)19-12(2,3)4/h9,14H,6-8H2,1-5H3,(H,15,17). The first-order valence-electron chi connectivity index (χ1n) is 6.58. The van der Waals surface area contributed by atoms with Crippen LogP contribution in [0.5, 0.6) is 0 Å². The lowest BCUT2D eigenvalue weighted by Crippen LogP contribution is -2.67. The molecule has 0 saturated heterocycles. The smallest absolute Gasteiger partial charge is 0.408 e. The fraction of sp³-hybridized carbons (Fsp3) is 0.846. The number of hydrogen-bond acceptors (Lipinski definition) is 5. The molecule has 0 heterocycles. The lowest BCUT2D eigenvalue weighted by atomic mass is 9.72. The molecular formula is C13H24N2O4. The molecule has 0 aromatic rings. The number of rotatable bonds is 4. The fourth-order valence-corrected chi connectivity index (χ4v) is 2.07. The van der Waals surface area contributed by atoms with Crippen molar-refractivity contribution >= 4 is 12.1 Å². The summed E-state index contributed by atoms with van der Waals surface area (Å²) < 4.78 is 10.2. The second kappa shape index (κ2) is 5.77. The Hall–Kier alpha value is -1.30. The van der Waals surface area contributed by atoms with Crippen molar-refractivity contribution in [3.63, 3.8) is 0 Å². The molecule has 6 heteroatoms. The van der Waals surface area contributed by atoms with Crippen LogP contribution in [0.3, 0.4) is 0 Å². The zero-order valence-corrected chi connectivity index (χ0v) is 12.3. The minimum Gasteiger partial charge on any atom is -0.464 e. The lowest BCUT2D eigenvalue weighted by Gasteiger charge is -2.45. The van der Waals surface area contributed by atoms with E-state index in [2.05, 4.69) is 10.6 Å². The number of amides is 1. The van der Waals surface area contributed by atoms with Crippen molar-refractivity contribution in [3.8, 4) is 0 Å². The quantitative estimate of drug-likeness (QED) is 0.752. The third kappa shape index (κ3) is 4.09. The number of carbonyl (C=O) groups is 2. The Morgan fingerprint density at radius 2 is 1.89 bits per heavy atom. The van der Waals surface area contributed by atoms with Crippen LogP contribution in [0.2, 0.25) is 0 Å². The van der Waals surface area contributed by atoms with Crippen LogP contribution in [0.4, 0.5) is 4.79 Å². The van der Waals surface area contributed by atoms with Gasteiger partial charge in [-0.3, -0.25) is 0 Å². The number of alkyl carbamates (subject to hydrolysis) is 1. The third-order valence-corrected chi connectivity index (χ3v) is 3.00. The van der Waals surface area contributed by atoms with Crippen molar-refractivity contribution in [1.82, 2.24) is 10.6 Å². The summed E-state index contributed by atoms with van der Waals surface area (Å²) in [5, 5.41) is 5.73. The minimum atomic E-state index is -0.952. The molecule has 0 bridgehead atoms. The third-order valence-electron chi connectivity index (χ3n) is 3.00. The summed E-state index contributed by atoms with van der Waals surface area (Å²) in [6.07, 6.45) is 0.443. The molecule has 19 heavy (non-hydrogen) atoms. The van der Waals surface area contributed by atoms with E-state index in [1.54, 1.807) is 27.7 Å². The maximum Gasteiger partial charge on any atom is 0.408 e. The lowest BCUT2D eigenvalue weighted by molar-refractivity contribution is -0.156. The van der Waals surface area contributed by atoms with E-state index in [4.69, 9.17) is 9.47 Å². The van der Waals surface area contributed by atoms with E-state index in [9.17, 15) is 9.59 Å². The summed E-state index contributed by atoms with van der Waals surface area (Å²) >= 11 is 0. The van der Waals surface area contributed by atoms with E-state index >= 15 is 0 Å². The maximum absolute atomic E-state index is 12.0. The molecule has 0 spiro atoms. The molecular weight excluding hydrogens is 248 g/mol. The summed E-state index contributed by atoms with van der Waals surface area (Å²) in [5.74, 6) is -0.396. The topological polar surface area (TPSA) is 76.7 Å². The highest BCUT2D eigenvalue weighted by Gasteiger charge is 2.52. The summed E-state index contributed by atoms with van der Waals surface area (Å²) in [6.45, 7) is 7.37. The van der Waals surface area contributed by atoms with Gasteiger partial charge in [0.15, 0.2) is 0 Å². The van der Waals surface area contributed by atoms with E-state index < -0.39 is 23.2 Å². The van der Waals surface area contributed by atoms with Crippen LogP contribution < -0.4 is 10.6 Å². The fourth-order valence-electron chi connectivity index (χ4n) is 2.07. The van der Waals surface area contributed by atoms with Gasteiger partial charge < -0.3 is 20.1 Å². The molecule has 1 fully saturated rings. The average molecular weight is 272 g/mol. The molecule has 1 aliphatic carbocycles. The van der Waals surface area contributed by atoms with Gasteiger partial charge in [0.25, 0.3) is 0 Å². The van der Waals surface area contributed by atoms with Gasteiger partial charge in [0, 0.05) is 6.04 Å². The summed E-state index contributed by atoms with van der Waals surface area (Å²) in [4.78, 5) is 23.8. The molecule has 0 aromatic heterocycles. The maximum atomic E-state index is 12.0. The molecule has 0 unspecified atom stereocenters. The predicted molar refractivity (Wildman–Crippen MR) is 70.8 cm³/mol. The molecule has 6 nitrogen and oxygen atoms in total. The Balaban J connectivity index is 2.67. The second-order valence-electron chi connectivity index (χ2n) is 5.82. The van der Waals surface area contributed by atoms with Gasteiger partial charge in [-0.05, 0) is 47.6 Å². The summed E-state index contributed by atoms with van der Waals surface area (Å²) in [6, 6.07) is 0.208. The second-order valence-corrected chi connectivity index (χ2v) is 5.82. The first kappa shape index (κ1) is 15.8. The average Bonchev–Trinajstić information content (AvgIpc) is 2.20. The highest BCUT2D eigenvalue weighted by atomic mass is 16.6. The van der Waals surface area contributed by atoms with Crippen LogP contribution in [0, 0.1) is 0 Å². The normalized spacial score (nSPS) is 26.3. The zero-order valence-electron chi connectivity index (χ0n) is 12.3. The van der Waals surface area contributed by atoms with Crippen LogP contribution in [-0.4, -0.2) is 42.9 Å². The van der Waals surface area contributed by atoms with Crippen molar-refractivity contribution in [1.29, 1.82) is 0 Å². The number of esters is 1. The molecule has 0 aromatic carbocycles. The van der Waals surface area contributed by atoms with E-state index in [1.165, 1.54) is 0 Å². The Bertz CT molecular complexity index is 343. The van der Waals surface area contributed by atoms with Crippen molar-refractivity contribution in [2.45, 2.75) is 57.7 Å². The Morgan fingerprint density at radius 1 is 1.32 bits per heavy atom. The molecule has 1 aliphatic rings. The number of carbonyl (C=O) groups excluding carboxylic acids is 2. The van der Waals surface area contributed by atoms with Gasteiger partial charge in [0.2, 0.25) is 0 Å². The zero-order chi connectivity index (χ0) is 14.7. The molecule has 1 rings (SSSR count). The van der Waals surface area contributed by atoms with Gasteiger partial charge in [-0.25, -0.2) is 9.59 Å². The van der Waals surface area contributed by atoms with Crippen LogP contribution in [0.25, 0.3) is 0 Å². The van der Waals surface area contributed by atoms with E-state index in [-0.39, 0.29) is 6.04 Å². The molecule has 1 saturated carbocycles. The van der Waals surface area contributed by atoms with E-state index in [0.29, 0.717) is 19.4 Å². The summed E-state index contributed by atoms with van der Waals surface area (Å²) in [5.41, 5.74) is -1.54. The van der Waals surface area contributed by atoms with Crippen molar-refractivity contribution in [3.05, 3.63) is 0 Å². The molecule has 0 radical (unpaired) electrons. The van der Waals surface area contributed by atoms with Gasteiger partial charge in [-0.1, -0.05) is 0 Å². The molecule has 0 aliphatic heterocycles. The molecule has 110 valence electrons. The first-order valence-corrected chi connectivity index (χ1v) is 6.58. The Morgan fingerprint density at radius 3 is 2.32 bits per heavy atom. The largest absolute Gasteiger partial charge is 0.464 e. The van der Waals surface area contributed by atoms with Gasteiger partial charge in [0.05, 0.1) is 6.61 Å². The van der Waals surface area contributed by atoms with Crippen LogP contribution in [0.15, 0.2) is 0 Å². The van der Waals surface area contributed by atoms with E-state index in [0.717, 1.165) is 0 Å².